The van der Waals surface area contributed by atoms with Gasteiger partial charge in [0.1, 0.15) is 0 Å². The number of hydrogen-bond donors (Lipinski definition) is 1. The summed E-state index contributed by atoms with van der Waals surface area (Å²) in [5, 5.41) is 9.18. The van der Waals surface area contributed by atoms with E-state index in [0.717, 1.165) is 31.7 Å². The van der Waals surface area contributed by atoms with Crippen LogP contribution in [0.15, 0.2) is 18.2 Å². The van der Waals surface area contributed by atoms with Gasteiger partial charge in [-0.25, -0.2) is 0 Å². The van der Waals surface area contributed by atoms with Crippen molar-refractivity contribution < 1.29 is 5.11 Å². The summed E-state index contributed by atoms with van der Waals surface area (Å²) < 4.78 is 0. The maximum absolute atomic E-state index is 9.18. The van der Waals surface area contributed by atoms with Crippen molar-refractivity contribution >= 4 is 5.69 Å². The third-order valence-electron chi connectivity index (χ3n) is 4.28. The monoisotopic (exact) mass is 262 g/mol. The molecule has 1 aromatic rings. The topological polar surface area (TPSA) is 26.7 Å². The van der Waals surface area contributed by atoms with E-state index in [1.165, 1.54) is 17.7 Å². The van der Waals surface area contributed by atoms with Gasteiger partial charge in [0, 0.05) is 24.8 Å². The van der Waals surface area contributed by atoms with Crippen molar-refractivity contribution in [3.63, 3.8) is 0 Å². The maximum atomic E-state index is 9.18. The largest absolute Gasteiger partial charge is 0.392 e. The third-order valence-corrected chi connectivity index (χ3v) is 4.28. The van der Waals surface area contributed by atoms with Gasteiger partial charge in [-0.3, -0.25) is 4.90 Å². The van der Waals surface area contributed by atoms with E-state index in [0.29, 0.717) is 6.04 Å². The van der Waals surface area contributed by atoms with Crippen LogP contribution < -0.4 is 4.90 Å². The SMILES string of the molecule is CCN(CC)C1CCN(c2ccc(CO)cc2C)C1. The third kappa shape index (κ3) is 3.10. The number of anilines is 1. The minimum Gasteiger partial charge on any atom is -0.392 e. The Bertz CT molecular complexity index is 415. The van der Waals surface area contributed by atoms with Crippen molar-refractivity contribution in [2.45, 2.75) is 39.8 Å². The Morgan fingerprint density at radius 1 is 1.32 bits per heavy atom. The summed E-state index contributed by atoms with van der Waals surface area (Å²) in [7, 11) is 0. The fourth-order valence-corrected chi connectivity index (χ4v) is 3.17. The van der Waals surface area contributed by atoms with Gasteiger partial charge in [-0.15, -0.1) is 0 Å². The molecule has 1 aromatic carbocycles. The highest BCUT2D eigenvalue weighted by atomic mass is 16.3. The number of hydrogen-bond acceptors (Lipinski definition) is 3. The Morgan fingerprint density at radius 2 is 2.05 bits per heavy atom. The molecule has 3 nitrogen and oxygen atoms in total. The summed E-state index contributed by atoms with van der Waals surface area (Å²) in [6.07, 6.45) is 1.25. The van der Waals surface area contributed by atoms with E-state index in [1.807, 2.05) is 6.07 Å². The van der Waals surface area contributed by atoms with Gasteiger partial charge in [0.2, 0.25) is 0 Å². The van der Waals surface area contributed by atoms with Gasteiger partial charge in [0.05, 0.1) is 6.61 Å². The molecule has 19 heavy (non-hydrogen) atoms. The summed E-state index contributed by atoms with van der Waals surface area (Å²) in [5.41, 5.74) is 3.60. The molecule has 1 aliphatic rings. The second-order valence-electron chi connectivity index (χ2n) is 5.39. The first-order chi connectivity index (χ1) is 9.19. The first-order valence-corrected chi connectivity index (χ1v) is 7.39. The lowest BCUT2D eigenvalue weighted by Gasteiger charge is -2.27. The molecule has 1 N–H and O–H groups in total. The number of rotatable bonds is 5. The highest BCUT2D eigenvalue weighted by Gasteiger charge is 2.26. The number of aryl methyl sites for hydroxylation is 1. The van der Waals surface area contributed by atoms with E-state index < -0.39 is 0 Å². The number of aliphatic hydroxyl groups excluding tert-OH is 1. The lowest BCUT2D eigenvalue weighted by Crippen LogP contribution is -2.37. The van der Waals surface area contributed by atoms with Crippen LogP contribution in [0.4, 0.5) is 5.69 Å². The average molecular weight is 262 g/mol. The zero-order valence-electron chi connectivity index (χ0n) is 12.4. The van der Waals surface area contributed by atoms with Crippen LogP contribution in [0, 0.1) is 6.92 Å². The molecule has 0 spiro atoms. The Hall–Kier alpha value is -1.06. The molecular weight excluding hydrogens is 236 g/mol. The van der Waals surface area contributed by atoms with Crippen LogP contribution in [0.5, 0.6) is 0 Å². The van der Waals surface area contributed by atoms with Crippen molar-refractivity contribution in [3.05, 3.63) is 29.3 Å². The molecule has 0 saturated carbocycles. The van der Waals surface area contributed by atoms with Gasteiger partial charge in [-0.1, -0.05) is 26.0 Å². The smallest absolute Gasteiger partial charge is 0.0681 e. The van der Waals surface area contributed by atoms with Gasteiger partial charge < -0.3 is 10.0 Å². The molecule has 106 valence electrons. The molecular formula is C16H26N2O. The van der Waals surface area contributed by atoms with Crippen LogP contribution in [0.3, 0.4) is 0 Å². The first-order valence-electron chi connectivity index (χ1n) is 7.39. The van der Waals surface area contributed by atoms with E-state index in [2.05, 4.69) is 42.7 Å². The minimum atomic E-state index is 0.128. The summed E-state index contributed by atoms with van der Waals surface area (Å²) in [6, 6.07) is 6.98. The van der Waals surface area contributed by atoms with Crippen molar-refractivity contribution in [2.75, 3.05) is 31.1 Å². The standard InChI is InChI=1S/C16H26N2O/c1-4-17(5-2)15-8-9-18(11-15)16-7-6-14(12-19)10-13(16)3/h6-7,10,15,19H,4-5,8-9,11-12H2,1-3H3. The van der Waals surface area contributed by atoms with Crippen molar-refractivity contribution in [3.8, 4) is 0 Å². The molecule has 2 rings (SSSR count). The maximum Gasteiger partial charge on any atom is 0.0681 e. The molecule has 0 aliphatic carbocycles. The fourth-order valence-electron chi connectivity index (χ4n) is 3.17. The van der Waals surface area contributed by atoms with Crippen LogP contribution in [-0.4, -0.2) is 42.2 Å². The first kappa shape index (κ1) is 14.4. The number of benzene rings is 1. The Balaban J connectivity index is 2.08. The lowest BCUT2D eigenvalue weighted by atomic mass is 10.1. The molecule has 1 saturated heterocycles. The fraction of sp³-hybridized carbons (Fsp3) is 0.625. The quantitative estimate of drug-likeness (QED) is 0.883. The summed E-state index contributed by atoms with van der Waals surface area (Å²) in [5.74, 6) is 0. The normalized spacial score (nSPS) is 19.4. The summed E-state index contributed by atoms with van der Waals surface area (Å²) in [4.78, 5) is 5.04. The molecule has 0 radical (unpaired) electrons. The van der Waals surface area contributed by atoms with Gasteiger partial charge in [-0.05, 0) is 43.6 Å². The van der Waals surface area contributed by atoms with E-state index in [-0.39, 0.29) is 6.61 Å². The highest BCUT2D eigenvalue weighted by Crippen LogP contribution is 2.26. The summed E-state index contributed by atoms with van der Waals surface area (Å²) >= 11 is 0. The van der Waals surface area contributed by atoms with Crippen LogP contribution >= 0.6 is 0 Å². The van der Waals surface area contributed by atoms with Crippen molar-refractivity contribution in [1.29, 1.82) is 0 Å². The second-order valence-corrected chi connectivity index (χ2v) is 5.39. The van der Waals surface area contributed by atoms with Crippen LogP contribution in [0.1, 0.15) is 31.4 Å². The van der Waals surface area contributed by atoms with Gasteiger partial charge in [-0.2, -0.15) is 0 Å². The van der Waals surface area contributed by atoms with E-state index in [4.69, 9.17) is 0 Å². The minimum absolute atomic E-state index is 0.128. The molecule has 0 bridgehead atoms. The van der Waals surface area contributed by atoms with Gasteiger partial charge in [0.25, 0.3) is 0 Å². The van der Waals surface area contributed by atoms with E-state index >= 15 is 0 Å². The number of nitrogens with zero attached hydrogens (tertiary/aromatic N) is 2. The zero-order valence-corrected chi connectivity index (χ0v) is 12.4. The molecule has 1 fully saturated rings. The molecule has 1 unspecified atom stereocenters. The zero-order chi connectivity index (χ0) is 13.8. The average Bonchev–Trinajstić information content (AvgIpc) is 2.89. The van der Waals surface area contributed by atoms with Crippen LogP contribution in [0.25, 0.3) is 0 Å². The Kier molecular flexibility index (Phi) is 4.83. The molecule has 1 atom stereocenters. The Morgan fingerprint density at radius 3 is 2.63 bits per heavy atom. The van der Waals surface area contributed by atoms with Gasteiger partial charge >= 0.3 is 0 Å². The number of likely N-dealkylation sites (N-methyl/N-ethyl adjacent to an activating group) is 1. The van der Waals surface area contributed by atoms with Gasteiger partial charge in [0.15, 0.2) is 0 Å². The van der Waals surface area contributed by atoms with Crippen LogP contribution in [0.2, 0.25) is 0 Å². The van der Waals surface area contributed by atoms with Crippen LogP contribution in [-0.2, 0) is 6.61 Å². The number of aliphatic hydroxyl groups is 1. The summed E-state index contributed by atoms with van der Waals surface area (Å²) in [6.45, 7) is 11.3. The molecule has 1 heterocycles. The molecule has 3 heteroatoms. The molecule has 0 amide bonds. The molecule has 0 aromatic heterocycles. The molecule has 1 aliphatic heterocycles. The van der Waals surface area contributed by atoms with Crippen molar-refractivity contribution in [2.24, 2.45) is 0 Å². The van der Waals surface area contributed by atoms with E-state index in [9.17, 15) is 5.11 Å². The predicted molar refractivity (Wildman–Crippen MR) is 80.6 cm³/mol. The predicted octanol–water partition coefficient (Wildman–Crippen LogP) is 2.41. The highest BCUT2D eigenvalue weighted by molar-refractivity contribution is 5.55. The second kappa shape index (κ2) is 6.40. The van der Waals surface area contributed by atoms with E-state index in [1.54, 1.807) is 0 Å². The Labute approximate surface area is 116 Å². The van der Waals surface area contributed by atoms with Crippen molar-refractivity contribution in [1.82, 2.24) is 4.90 Å². The lowest BCUT2D eigenvalue weighted by molar-refractivity contribution is 0.232.